The zero-order valence-electron chi connectivity index (χ0n) is 16.4. The molecule has 2 aromatic rings. The van der Waals surface area contributed by atoms with Gasteiger partial charge >= 0.3 is 12.2 Å². The van der Waals surface area contributed by atoms with Gasteiger partial charge in [-0.1, -0.05) is 13.8 Å². The number of Topliss-reactive ketones (excluding diaryl/α,β-unsaturated/α-hetero) is 1. The maximum atomic E-state index is 13.0. The Morgan fingerprint density at radius 3 is 2.43 bits per heavy atom. The van der Waals surface area contributed by atoms with Crippen LogP contribution in [0.4, 0.5) is 28.0 Å². The van der Waals surface area contributed by atoms with Crippen LogP contribution in [-0.4, -0.2) is 45.8 Å². The van der Waals surface area contributed by atoms with Crippen molar-refractivity contribution in [3.05, 3.63) is 53.9 Å². The molecule has 1 saturated heterocycles. The number of ketones is 1. The first kappa shape index (κ1) is 21.7. The first-order valence-electron chi connectivity index (χ1n) is 9.29. The van der Waals surface area contributed by atoms with Crippen LogP contribution in [0.3, 0.4) is 0 Å². The summed E-state index contributed by atoms with van der Waals surface area (Å²) < 4.78 is 51.2. The molecule has 0 saturated carbocycles. The average molecular weight is 424 g/mol. The van der Waals surface area contributed by atoms with Crippen molar-refractivity contribution < 1.29 is 27.2 Å². The van der Waals surface area contributed by atoms with Gasteiger partial charge in [0.15, 0.2) is 5.78 Å². The van der Waals surface area contributed by atoms with E-state index in [-0.39, 0.29) is 42.9 Å². The molecule has 3 heterocycles. The quantitative estimate of drug-likeness (QED) is 0.663. The van der Waals surface area contributed by atoms with Gasteiger partial charge in [0.1, 0.15) is 11.5 Å². The molecule has 1 aliphatic heterocycles. The lowest BCUT2D eigenvalue weighted by Crippen LogP contribution is -2.41. The molecule has 0 aliphatic carbocycles. The van der Waals surface area contributed by atoms with Crippen molar-refractivity contribution in [1.82, 2.24) is 14.9 Å². The summed E-state index contributed by atoms with van der Waals surface area (Å²) in [5, 5.41) is 0. The van der Waals surface area contributed by atoms with Crippen LogP contribution in [0.2, 0.25) is 0 Å². The Bertz CT molecular complexity index is 914. The molecule has 2 aromatic heterocycles. The first-order valence-corrected chi connectivity index (χ1v) is 9.29. The van der Waals surface area contributed by atoms with E-state index in [9.17, 15) is 27.2 Å². The SMILES string of the molecule is CC(C)[C@H]1CN(c2ccc(C(F)(F)F)nc2)C(=O)N1CC(=O)Cc1ccc(F)cn1. The number of hydrogen-bond donors (Lipinski definition) is 0. The molecule has 30 heavy (non-hydrogen) atoms. The molecule has 3 rings (SSSR count). The second kappa shape index (κ2) is 8.37. The molecule has 0 spiro atoms. The van der Waals surface area contributed by atoms with Crippen molar-refractivity contribution in [3.63, 3.8) is 0 Å². The minimum Gasteiger partial charge on any atom is -0.312 e. The van der Waals surface area contributed by atoms with Gasteiger partial charge < -0.3 is 4.90 Å². The number of nitrogens with zero attached hydrogens (tertiary/aromatic N) is 4. The van der Waals surface area contributed by atoms with Crippen molar-refractivity contribution >= 4 is 17.5 Å². The Kier molecular flexibility index (Phi) is 6.04. The fourth-order valence-electron chi connectivity index (χ4n) is 3.30. The number of hydrogen-bond acceptors (Lipinski definition) is 4. The Labute approximate surface area is 170 Å². The van der Waals surface area contributed by atoms with E-state index < -0.39 is 23.7 Å². The smallest absolute Gasteiger partial charge is 0.312 e. The number of amides is 2. The molecule has 0 bridgehead atoms. The maximum absolute atomic E-state index is 13.0. The average Bonchev–Trinajstić information content (AvgIpc) is 3.00. The van der Waals surface area contributed by atoms with Gasteiger partial charge in [-0.2, -0.15) is 13.2 Å². The van der Waals surface area contributed by atoms with Gasteiger partial charge in [0.2, 0.25) is 0 Å². The zero-order valence-corrected chi connectivity index (χ0v) is 16.4. The largest absolute Gasteiger partial charge is 0.433 e. The third-order valence-corrected chi connectivity index (χ3v) is 4.88. The minimum atomic E-state index is -4.57. The van der Waals surface area contributed by atoms with E-state index in [0.29, 0.717) is 5.69 Å². The van der Waals surface area contributed by atoms with Crippen LogP contribution in [-0.2, 0) is 17.4 Å². The number of carbonyl (C=O) groups excluding carboxylic acids is 2. The van der Waals surface area contributed by atoms with Gasteiger partial charge in [0.25, 0.3) is 0 Å². The molecule has 1 atom stereocenters. The molecule has 0 N–H and O–H groups in total. The van der Waals surface area contributed by atoms with Crippen LogP contribution in [0.1, 0.15) is 25.2 Å². The lowest BCUT2D eigenvalue weighted by Gasteiger charge is -2.25. The number of urea groups is 1. The van der Waals surface area contributed by atoms with Crippen LogP contribution in [0, 0.1) is 11.7 Å². The number of alkyl halides is 3. The highest BCUT2D eigenvalue weighted by Crippen LogP contribution is 2.31. The third kappa shape index (κ3) is 4.74. The number of halogens is 4. The fraction of sp³-hybridized carbons (Fsp3) is 0.400. The standard InChI is InChI=1S/C20H20F4N4O2/c1-12(2)17-11-27(15-5-6-18(26-9-15)20(22,23)24)19(30)28(17)10-16(29)7-14-4-3-13(21)8-25-14/h3-6,8-9,12,17H,7,10-11H2,1-2H3/t17-/m1/s1. The maximum Gasteiger partial charge on any atom is 0.433 e. The number of anilines is 1. The molecule has 6 nitrogen and oxygen atoms in total. The minimum absolute atomic E-state index is 0.0121. The second-order valence-corrected chi connectivity index (χ2v) is 7.42. The molecule has 1 fully saturated rings. The summed E-state index contributed by atoms with van der Waals surface area (Å²) in [7, 11) is 0. The highest BCUT2D eigenvalue weighted by molar-refractivity contribution is 5.97. The van der Waals surface area contributed by atoms with Crippen molar-refractivity contribution in [1.29, 1.82) is 0 Å². The number of pyridine rings is 2. The number of aromatic nitrogens is 2. The highest BCUT2D eigenvalue weighted by Gasteiger charge is 2.41. The summed E-state index contributed by atoms with van der Waals surface area (Å²) in [4.78, 5) is 35.4. The molecule has 160 valence electrons. The second-order valence-electron chi connectivity index (χ2n) is 7.42. The normalized spacial score (nSPS) is 17.2. The van der Waals surface area contributed by atoms with Gasteiger partial charge in [0.05, 0.1) is 37.1 Å². The molecule has 0 aromatic carbocycles. The van der Waals surface area contributed by atoms with Crippen molar-refractivity contribution in [2.75, 3.05) is 18.0 Å². The molecule has 10 heteroatoms. The van der Waals surface area contributed by atoms with Gasteiger partial charge in [-0.15, -0.1) is 0 Å². The van der Waals surface area contributed by atoms with Crippen molar-refractivity contribution in [2.24, 2.45) is 5.92 Å². The Morgan fingerprint density at radius 1 is 1.17 bits per heavy atom. The van der Waals surface area contributed by atoms with Crippen molar-refractivity contribution in [3.8, 4) is 0 Å². The zero-order chi connectivity index (χ0) is 22.1. The van der Waals surface area contributed by atoms with Crippen LogP contribution >= 0.6 is 0 Å². The molecule has 2 amide bonds. The predicted molar refractivity (Wildman–Crippen MR) is 100 cm³/mol. The lowest BCUT2D eigenvalue weighted by atomic mass is 10.0. The van der Waals surface area contributed by atoms with E-state index in [4.69, 9.17) is 0 Å². The summed E-state index contributed by atoms with van der Waals surface area (Å²) in [6, 6.07) is 3.84. The number of carbonyl (C=O) groups is 2. The van der Waals surface area contributed by atoms with Crippen LogP contribution in [0.15, 0.2) is 36.7 Å². The predicted octanol–water partition coefficient (Wildman–Crippen LogP) is 3.71. The Hall–Kier alpha value is -3.04. The van der Waals surface area contributed by atoms with E-state index in [2.05, 4.69) is 9.97 Å². The topological polar surface area (TPSA) is 66.4 Å². The summed E-state index contributed by atoms with van der Waals surface area (Å²) in [5.41, 5.74) is -0.427. The van der Waals surface area contributed by atoms with E-state index in [0.717, 1.165) is 18.5 Å². The van der Waals surface area contributed by atoms with Gasteiger partial charge in [-0.3, -0.25) is 14.7 Å². The molecular formula is C20H20F4N4O2. The van der Waals surface area contributed by atoms with Crippen LogP contribution in [0.25, 0.3) is 0 Å². The Balaban J connectivity index is 1.74. The molecule has 0 unspecified atom stereocenters. The summed E-state index contributed by atoms with van der Waals surface area (Å²) in [5.74, 6) is -0.778. The van der Waals surface area contributed by atoms with Crippen LogP contribution < -0.4 is 4.90 Å². The molecule has 0 radical (unpaired) electrons. The van der Waals surface area contributed by atoms with E-state index in [1.165, 1.54) is 28.0 Å². The lowest BCUT2D eigenvalue weighted by molar-refractivity contribution is -0.141. The third-order valence-electron chi connectivity index (χ3n) is 4.88. The van der Waals surface area contributed by atoms with E-state index >= 15 is 0 Å². The van der Waals surface area contributed by atoms with Gasteiger partial charge in [-0.25, -0.2) is 14.2 Å². The van der Waals surface area contributed by atoms with Gasteiger partial charge in [-0.05, 0) is 30.2 Å². The monoisotopic (exact) mass is 424 g/mol. The van der Waals surface area contributed by atoms with Crippen LogP contribution in [0.5, 0.6) is 0 Å². The summed E-state index contributed by atoms with van der Waals surface area (Å²) >= 11 is 0. The molecular weight excluding hydrogens is 404 g/mol. The highest BCUT2D eigenvalue weighted by atomic mass is 19.4. The van der Waals surface area contributed by atoms with Gasteiger partial charge in [0, 0.05) is 12.2 Å². The molecule has 1 aliphatic rings. The summed E-state index contributed by atoms with van der Waals surface area (Å²) in [6.07, 6.45) is -2.61. The van der Waals surface area contributed by atoms with Crippen molar-refractivity contribution in [2.45, 2.75) is 32.5 Å². The Morgan fingerprint density at radius 2 is 1.90 bits per heavy atom. The van der Waals surface area contributed by atoms with E-state index in [1.807, 2.05) is 13.8 Å². The number of rotatable bonds is 6. The van der Waals surface area contributed by atoms with E-state index in [1.54, 1.807) is 0 Å². The fourth-order valence-corrected chi connectivity index (χ4v) is 3.30. The first-order chi connectivity index (χ1) is 14.1. The summed E-state index contributed by atoms with van der Waals surface area (Å²) in [6.45, 7) is 3.84.